The highest BCUT2D eigenvalue weighted by atomic mass is 16.5. The summed E-state index contributed by atoms with van der Waals surface area (Å²) >= 11 is 0. The molecule has 6 heteroatoms. The average Bonchev–Trinajstić information content (AvgIpc) is 3.34. The first-order chi connectivity index (χ1) is 13.6. The van der Waals surface area contributed by atoms with Crippen molar-refractivity contribution in [1.29, 1.82) is 0 Å². The second-order valence-electron chi connectivity index (χ2n) is 6.76. The fourth-order valence-corrected chi connectivity index (χ4v) is 2.85. The number of amides is 1. The van der Waals surface area contributed by atoms with Crippen LogP contribution in [-0.2, 0) is 6.54 Å². The molecule has 0 aliphatic heterocycles. The van der Waals surface area contributed by atoms with Gasteiger partial charge in [-0.2, -0.15) is 5.10 Å². The highest BCUT2D eigenvalue weighted by Gasteiger charge is 2.16. The van der Waals surface area contributed by atoms with Crippen molar-refractivity contribution in [2.45, 2.75) is 20.4 Å². The maximum Gasteiger partial charge on any atom is 0.279 e. The molecule has 0 aliphatic rings. The molecule has 0 aliphatic carbocycles. The first-order valence-corrected chi connectivity index (χ1v) is 9.01. The molecule has 6 nitrogen and oxygen atoms in total. The van der Waals surface area contributed by atoms with E-state index in [2.05, 4.69) is 27.7 Å². The lowest BCUT2D eigenvalue weighted by Gasteiger charge is -2.08. The van der Waals surface area contributed by atoms with Crippen LogP contribution in [0.5, 0.6) is 0 Å². The molecule has 0 atom stereocenters. The molecule has 4 aromatic rings. The molecule has 1 amide bonds. The first-order valence-electron chi connectivity index (χ1n) is 9.01. The van der Waals surface area contributed by atoms with E-state index in [9.17, 15) is 4.79 Å². The number of hydrogen-bond acceptors (Lipinski definition) is 4. The summed E-state index contributed by atoms with van der Waals surface area (Å²) in [6, 6.07) is 19.5. The van der Waals surface area contributed by atoms with Gasteiger partial charge in [0, 0.05) is 17.7 Å². The highest BCUT2D eigenvalue weighted by Crippen LogP contribution is 2.21. The Morgan fingerprint density at radius 1 is 1.00 bits per heavy atom. The molecule has 0 saturated heterocycles. The van der Waals surface area contributed by atoms with E-state index in [-0.39, 0.29) is 11.6 Å². The fraction of sp³-hybridized carbons (Fsp3) is 0.136. The average molecular weight is 372 g/mol. The van der Waals surface area contributed by atoms with Crippen LogP contribution in [0.1, 0.15) is 27.2 Å². The standard InChI is InChI=1S/C22H20N4O2/c1-15-3-7-17(8-4-15)14-26-21(11-12-23-26)24-22(27)19-13-20(28-25-19)18-9-5-16(2)6-10-18/h3-13H,14H2,1-2H3,(H,24,27). The van der Waals surface area contributed by atoms with Crippen LogP contribution in [0.3, 0.4) is 0 Å². The smallest absolute Gasteiger partial charge is 0.279 e. The van der Waals surface area contributed by atoms with Gasteiger partial charge in [-0.15, -0.1) is 0 Å². The number of carbonyl (C=O) groups excluding carboxylic acids is 1. The molecule has 2 aromatic heterocycles. The van der Waals surface area contributed by atoms with E-state index in [0.29, 0.717) is 18.1 Å². The number of carbonyl (C=O) groups is 1. The molecule has 0 fully saturated rings. The predicted molar refractivity (Wildman–Crippen MR) is 107 cm³/mol. The summed E-state index contributed by atoms with van der Waals surface area (Å²) in [4.78, 5) is 12.6. The van der Waals surface area contributed by atoms with E-state index in [4.69, 9.17) is 4.52 Å². The summed E-state index contributed by atoms with van der Waals surface area (Å²) < 4.78 is 7.07. The lowest BCUT2D eigenvalue weighted by molar-refractivity contribution is 0.101. The Kier molecular flexibility index (Phi) is 4.76. The molecular weight excluding hydrogens is 352 g/mol. The molecule has 2 heterocycles. The van der Waals surface area contributed by atoms with Crippen molar-refractivity contribution >= 4 is 11.7 Å². The van der Waals surface area contributed by atoms with Crippen LogP contribution in [0.2, 0.25) is 0 Å². The van der Waals surface area contributed by atoms with Gasteiger partial charge in [0.25, 0.3) is 5.91 Å². The van der Waals surface area contributed by atoms with Crippen molar-refractivity contribution in [3.8, 4) is 11.3 Å². The van der Waals surface area contributed by atoms with E-state index in [1.54, 1.807) is 23.0 Å². The zero-order chi connectivity index (χ0) is 19.5. The van der Waals surface area contributed by atoms with Crippen LogP contribution in [0.15, 0.2) is 71.4 Å². The van der Waals surface area contributed by atoms with E-state index in [0.717, 1.165) is 16.7 Å². The molecular formula is C22H20N4O2. The Hall–Kier alpha value is -3.67. The summed E-state index contributed by atoms with van der Waals surface area (Å²) in [6.45, 7) is 4.63. The van der Waals surface area contributed by atoms with Gasteiger partial charge < -0.3 is 9.84 Å². The number of anilines is 1. The summed E-state index contributed by atoms with van der Waals surface area (Å²) in [5.74, 6) is 0.816. The number of hydrogen-bond donors (Lipinski definition) is 1. The van der Waals surface area contributed by atoms with Crippen LogP contribution in [0.25, 0.3) is 11.3 Å². The van der Waals surface area contributed by atoms with Gasteiger partial charge >= 0.3 is 0 Å². The number of rotatable bonds is 5. The third-order valence-corrected chi connectivity index (χ3v) is 4.49. The number of nitrogens with one attached hydrogen (secondary N) is 1. The molecule has 2 aromatic carbocycles. The molecule has 140 valence electrons. The van der Waals surface area contributed by atoms with Crippen molar-refractivity contribution in [1.82, 2.24) is 14.9 Å². The van der Waals surface area contributed by atoms with Crippen molar-refractivity contribution in [2.75, 3.05) is 5.32 Å². The summed E-state index contributed by atoms with van der Waals surface area (Å²) in [7, 11) is 0. The highest BCUT2D eigenvalue weighted by molar-refractivity contribution is 6.02. The quantitative estimate of drug-likeness (QED) is 0.561. The van der Waals surface area contributed by atoms with Gasteiger partial charge in [-0.3, -0.25) is 4.79 Å². The van der Waals surface area contributed by atoms with Crippen LogP contribution >= 0.6 is 0 Å². The molecule has 28 heavy (non-hydrogen) atoms. The normalized spacial score (nSPS) is 10.8. The van der Waals surface area contributed by atoms with Crippen molar-refractivity contribution < 1.29 is 9.32 Å². The molecule has 0 saturated carbocycles. The van der Waals surface area contributed by atoms with Gasteiger partial charge in [-0.1, -0.05) is 64.8 Å². The third kappa shape index (κ3) is 3.86. The molecule has 4 rings (SSSR count). The minimum Gasteiger partial charge on any atom is -0.355 e. The summed E-state index contributed by atoms with van der Waals surface area (Å²) in [6.07, 6.45) is 1.66. The summed E-state index contributed by atoms with van der Waals surface area (Å²) in [5.41, 5.74) is 4.56. The second kappa shape index (κ2) is 7.52. The van der Waals surface area contributed by atoms with E-state index < -0.39 is 0 Å². The van der Waals surface area contributed by atoms with Gasteiger partial charge in [0.2, 0.25) is 0 Å². The SMILES string of the molecule is Cc1ccc(Cn2nccc2NC(=O)c2cc(-c3ccc(C)cc3)on2)cc1. The number of nitrogens with zero attached hydrogens (tertiary/aromatic N) is 3. The monoisotopic (exact) mass is 372 g/mol. The van der Waals surface area contributed by atoms with Gasteiger partial charge in [0.05, 0.1) is 12.7 Å². The molecule has 0 spiro atoms. The van der Waals surface area contributed by atoms with Crippen molar-refractivity contribution in [2.24, 2.45) is 0 Å². The van der Waals surface area contributed by atoms with Crippen molar-refractivity contribution in [3.63, 3.8) is 0 Å². The molecule has 0 bridgehead atoms. The fourth-order valence-electron chi connectivity index (χ4n) is 2.85. The van der Waals surface area contributed by atoms with Crippen LogP contribution < -0.4 is 5.32 Å². The van der Waals surface area contributed by atoms with E-state index in [1.807, 2.05) is 50.2 Å². The van der Waals surface area contributed by atoms with E-state index in [1.165, 1.54) is 5.56 Å². The number of aryl methyl sites for hydroxylation is 2. The number of aromatic nitrogens is 3. The predicted octanol–water partition coefficient (Wildman–Crippen LogP) is 4.46. The zero-order valence-corrected chi connectivity index (χ0v) is 15.7. The maximum absolute atomic E-state index is 12.6. The largest absolute Gasteiger partial charge is 0.355 e. The van der Waals surface area contributed by atoms with Crippen LogP contribution in [0.4, 0.5) is 5.82 Å². The molecule has 0 unspecified atom stereocenters. The Morgan fingerprint density at radius 2 is 1.68 bits per heavy atom. The van der Waals surface area contributed by atoms with E-state index >= 15 is 0 Å². The zero-order valence-electron chi connectivity index (χ0n) is 15.7. The Bertz CT molecular complexity index is 1090. The third-order valence-electron chi connectivity index (χ3n) is 4.49. The Labute approximate surface area is 162 Å². The molecule has 1 N–H and O–H groups in total. The minimum atomic E-state index is -0.340. The molecule has 0 radical (unpaired) electrons. The summed E-state index contributed by atoms with van der Waals surface area (Å²) in [5, 5.41) is 11.1. The van der Waals surface area contributed by atoms with Crippen molar-refractivity contribution in [3.05, 3.63) is 89.2 Å². The Balaban J connectivity index is 1.48. The lowest BCUT2D eigenvalue weighted by Crippen LogP contribution is -2.16. The van der Waals surface area contributed by atoms with Crippen LogP contribution in [-0.4, -0.2) is 20.8 Å². The number of benzene rings is 2. The minimum absolute atomic E-state index is 0.221. The topological polar surface area (TPSA) is 73.0 Å². The Morgan fingerprint density at radius 3 is 2.39 bits per heavy atom. The first kappa shape index (κ1) is 17.7. The van der Waals surface area contributed by atoms with Gasteiger partial charge in [0.1, 0.15) is 5.82 Å². The maximum atomic E-state index is 12.6. The van der Waals surface area contributed by atoms with Crippen LogP contribution in [0, 0.1) is 13.8 Å². The van der Waals surface area contributed by atoms with Gasteiger partial charge in [-0.05, 0) is 19.4 Å². The second-order valence-corrected chi connectivity index (χ2v) is 6.76. The lowest BCUT2D eigenvalue weighted by atomic mass is 10.1. The van der Waals surface area contributed by atoms with Gasteiger partial charge in [0.15, 0.2) is 11.5 Å². The van der Waals surface area contributed by atoms with Gasteiger partial charge in [-0.25, -0.2) is 4.68 Å².